The van der Waals surface area contributed by atoms with Gasteiger partial charge in [-0.05, 0) is 23.8 Å². The number of halogens is 1. The first-order valence-corrected chi connectivity index (χ1v) is 7.01. The van der Waals surface area contributed by atoms with Crippen LogP contribution in [0, 0.1) is 5.82 Å². The van der Waals surface area contributed by atoms with Crippen LogP contribution in [0.4, 0.5) is 4.39 Å². The highest BCUT2D eigenvalue weighted by Gasteiger charge is 2.05. The molecule has 2 rings (SSSR count). The second-order valence-corrected chi connectivity index (χ2v) is 4.93. The van der Waals surface area contributed by atoms with Crippen LogP contribution < -0.4 is 5.32 Å². The molecule has 100 valence electrons. The number of benzene rings is 1. The molecule has 1 aromatic carbocycles. The van der Waals surface area contributed by atoms with E-state index in [1.165, 1.54) is 17.8 Å². The van der Waals surface area contributed by atoms with Crippen LogP contribution >= 0.6 is 11.8 Å². The number of rotatable bonds is 6. The molecule has 1 N–H and O–H groups in total. The van der Waals surface area contributed by atoms with E-state index in [1.807, 2.05) is 0 Å². The Morgan fingerprint density at radius 2 is 2.11 bits per heavy atom. The molecule has 0 bridgehead atoms. The molecule has 5 heteroatoms. The first-order chi connectivity index (χ1) is 9.25. The van der Waals surface area contributed by atoms with Gasteiger partial charge in [-0.25, -0.2) is 4.39 Å². The van der Waals surface area contributed by atoms with Crippen molar-refractivity contribution >= 4 is 17.7 Å². The van der Waals surface area contributed by atoms with Crippen molar-refractivity contribution in [3.8, 4) is 0 Å². The number of furan rings is 1. The number of amides is 1. The summed E-state index contributed by atoms with van der Waals surface area (Å²) < 4.78 is 18.4. The topological polar surface area (TPSA) is 42.2 Å². The van der Waals surface area contributed by atoms with E-state index < -0.39 is 0 Å². The third-order valence-corrected chi connectivity index (χ3v) is 3.47. The summed E-state index contributed by atoms with van der Waals surface area (Å²) in [6, 6.07) is 10.2. The summed E-state index contributed by atoms with van der Waals surface area (Å²) in [7, 11) is 0. The Morgan fingerprint density at radius 1 is 1.26 bits per heavy atom. The predicted octanol–water partition coefficient (Wildman–Crippen LogP) is 2.97. The van der Waals surface area contributed by atoms with Gasteiger partial charge >= 0.3 is 0 Å². The number of hydrogen-bond donors (Lipinski definition) is 1. The van der Waals surface area contributed by atoms with Gasteiger partial charge in [0.05, 0.1) is 18.6 Å². The van der Waals surface area contributed by atoms with E-state index >= 15 is 0 Å². The molecule has 0 spiro atoms. The zero-order valence-electron chi connectivity index (χ0n) is 10.3. The van der Waals surface area contributed by atoms with Crippen LogP contribution in [-0.2, 0) is 17.1 Å². The van der Waals surface area contributed by atoms with Crippen LogP contribution in [0.1, 0.15) is 11.3 Å². The molecule has 0 radical (unpaired) electrons. The molecule has 1 amide bonds. The average molecular weight is 279 g/mol. The van der Waals surface area contributed by atoms with Gasteiger partial charge in [0.2, 0.25) is 5.91 Å². The maximum absolute atomic E-state index is 13.3. The van der Waals surface area contributed by atoms with Gasteiger partial charge in [-0.1, -0.05) is 18.2 Å². The summed E-state index contributed by atoms with van der Waals surface area (Å²) in [6.07, 6.45) is 1.56. The first-order valence-electron chi connectivity index (χ1n) is 5.86. The molecular formula is C14H14FNO2S. The van der Waals surface area contributed by atoms with Crippen molar-refractivity contribution in [1.29, 1.82) is 0 Å². The Hall–Kier alpha value is -1.75. The van der Waals surface area contributed by atoms with Crippen molar-refractivity contribution < 1.29 is 13.6 Å². The minimum Gasteiger partial charge on any atom is -0.467 e. The molecule has 1 heterocycles. The fourth-order valence-corrected chi connectivity index (χ4v) is 2.36. The summed E-state index contributed by atoms with van der Waals surface area (Å²) in [6.45, 7) is 0.381. The van der Waals surface area contributed by atoms with Crippen molar-refractivity contribution in [1.82, 2.24) is 5.32 Å². The minimum atomic E-state index is -0.231. The fraction of sp³-hybridized carbons (Fsp3) is 0.214. The van der Waals surface area contributed by atoms with Crippen molar-refractivity contribution in [3.63, 3.8) is 0 Å². The highest BCUT2D eigenvalue weighted by molar-refractivity contribution is 7.99. The molecule has 1 aromatic heterocycles. The Bertz CT molecular complexity index is 528. The van der Waals surface area contributed by atoms with Gasteiger partial charge in [-0.15, -0.1) is 11.8 Å². The lowest BCUT2D eigenvalue weighted by Gasteiger charge is -2.04. The van der Waals surface area contributed by atoms with Gasteiger partial charge in [0.1, 0.15) is 11.6 Å². The third kappa shape index (κ3) is 4.44. The van der Waals surface area contributed by atoms with Crippen LogP contribution in [0.25, 0.3) is 0 Å². The second kappa shape index (κ2) is 6.99. The standard InChI is InChI=1S/C14H14FNO2S/c15-13-6-2-1-4-11(13)9-19-10-14(17)16-8-12-5-3-7-18-12/h1-7H,8-10H2,(H,16,17). The average Bonchev–Trinajstić information content (AvgIpc) is 2.92. The second-order valence-electron chi connectivity index (χ2n) is 3.94. The largest absolute Gasteiger partial charge is 0.467 e. The third-order valence-electron chi connectivity index (χ3n) is 2.49. The molecule has 2 aromatic rings. The molecule has 0 aliphatic heterocycles. The number of carbonyl (C=O) groups is 1. The number of carbonyl (C=O) groups excluding carboxylic acids is 1. The van der Waals surface area contributed by atoms with E-state index in [4.69, 9.17) is 4.42 Å². The van der Waals surface area contributed by atoms with Gasteiger partial charge in [-0.2, -0.15) is 0 Å². The lowest BCUT2D eigenvalue weighted by atomic mass is 10.2. The van der Waals surface area contributed by atoms with Crippen LogP contribution in [0.5, 0.6) is 0 Å². The number of nitrogens with one attached hydrogen (secondary N) is 1. The maximum Gasteiger partial charge on any atom is 0.230 e. The smallest absolute Gasteiger partial charge is 0.230 e. The SMILES string of the molecule is O=C(CSCc1ccccc1F)NCc1ccco1. The van der Waals surface area contributed by atoms with Gasteiger partial charge in [0.25, 0.3) is 0 Å². The highest BCUT2D eigenvalue weighted by atomic mass is 32.2. The van der Waals surface area contributed by atoms with Crippen molar-refractivity contribution in [2.75, 3.05) is 5.75 Å². The number of hydrogen-bond acceptors (Lipinski definition) is 3. The highest BCUT2D eigenvalue weighted by Crippen LogP contribution is 2.15. The van der Waals surface area contributed by atoms with Crippen molar-refractivity contribution in [2.24, 2.45) is 0 Å². The zero-order valence-corrected chi connectivity index (χ0v) is 11.1. The predicted molar refractivity (Wildman–Crippen MR) is 73.1 cm³/mol. The van der Waals surface area contributed by atoms with Crippen molar-refractivity contribution in [3.05, 3.63) is 59.8 Å². The Labute approximate surface area is 115 Å². The van der Waals surface area contributed by atoms with Crippen LogP contribution in [-0.4, -0.2) is 11.7 Å². The molecule has 0 unspecified atom stereocenters. The molecule has 0 aliphatic rings. The lowest BCUT2D eigenvalue weighted by Crippen LogP contribution is -2.24. The summed E-state index contributed by atoms with van der Waals surface area (Å²) in [5.74, 6) is 1.19. The molecular weight excluding hydrogens is 265 g/mol. The normalized spacial score (nSPS) is 10.4. The lowest BCUT2D eigenvalue weighted by molar-refractivity contribution is -0.118. The van der Waals surface area contributed by atoms with E-state index in [-0.39, 0.29) is 11.7 Å². The van der Waals surface area contributed by atoms with E-state index in [2.05, 4.69) is 5.32 Å². The van der Waals surface area contributed by atoms with E-state index in [0.717, 1.165) is 0 Å². The Kier molecular flexibility index (Phi) is 5.03. The zero-order chi connectivity index (χ0) is 13.5. The quantitative estimate of drug-likeness (QED) is 0.884. The fourth-order valence-electron chi connectivity index (χ4n) is 1.52. The molecule has 0 aliphatic carbocycles. The molecule has 0 saturated carbocycles. The molecule has 0 saturated heterocycles. The molecule has 0 atom stereocenters. The van der Waals surface area contributed by atoms with E-state index in [0.29, 0.717) is 29.4 Å². The summed E-state index contributed by atoms with van der Waals surface area (Å²) in [4.78, 5) is 11.5. The minimum absolute atomic E-state index is 0.0854. The Balaban J connectivity index is 1.68. The number of thioether (sulfide) groups is 1. The summed E-state index contributed by atoms with van der Waals surface area (Å²) in [5, 5.41) is 2.74. The van der Waals surface area contributed by atoms with Gasteiger partial charge in [0, 0.05) is 5.75 Å². The van der Waals surface area contributed by atoms with E-state index in [1.54, 1.807) is 36.6 Å². The van der Waals surface area contributed by atoms with E-state index in [9.17, 15) is 9.18 Å². The first kappa shape index (κ1) is 13.7. The van der Waals surface area contributed by atoms with Crippen LogP contribution in [0.3, 0.4) is 0 Å². The van der Waals surface area contributed by atoms with Gasteiger partial charge in [0.15, 0.2) is 0 Å². The van der Waals surface area contributed by atoms with Gasteiger partial charge < -0.3 is 9.73 Å². The summed E-state index contributed by atoms with van der Waals surface area (Å²) >= 11 is 1.38. The van der Waals surface area contributed by atoms with Gasteiger partial charge in [-0.3, -0.25) is 4.79 Å². The maximum atomic E-state index is 13.3. The Morgan fingerprint density at radius 3 is 2.84 bits per heavy atom. The van der Waals surface area contributed by atoms with Crippen LogP contribution in [0.2, 0.25) is 0 Å². The van der Waals surface area contributed by atoms with Crippen LogP contribution in [0.15, 0.2) is 47.1 Å². The molecule has 0 fully saturated rings. The monoisotopic (exact) mass is 279 g/mol. The molecule has 3 nitrogen and oxygen atoms in total. The summed E-state index contributed by atoms with van der Waals surface area (Å²) in [5.41, 5.74) is 0.617. The van der Waals surface area contributed by atoms with Crippen molar-refractivity contribution in [2.45, 2.75) is 12.3 Å². The molecule has 19 heavy (non-hydrogen) atoms.